The molecule has 29 heavy (non-hydrogen) atoms. The van der Waals surface area contributed by atoms with Crippen molar-refractivity contribution in [3.05, 3.63) is 48.3 Å². The predicted octanol–water partition coefficient (Wildman–Crippen LogP) is 3.44. The maximum Gasteiger partial charge on any atom is 0.222 e. The van der Waals surface area contributed by atoms with E-state index in [0.29, 0.717) is 12.3 Å². The van der Waals surface area contributed by atoms with E-state index in [-0.39, 0.29) is 0 Å². The number of rotatable bonds is 8. The average molecular weight is 393 g/mol. The fourth-order valence-electron chi connectivity index (χ4n) is 4.31. The molecular formula is C24H32N4O. The van der Waals surface area contributed by atoms with Gasteiger partial charge >= 0.3 is 0 Å². The van der Waals surface area contributed by atoms with Gasteiger partial charge in [-0.15, -0.1) is 0 Å². The fourth-order valence-corrected chi connectivity index (χ4v) is 4.31. The zero-order chi connectivity index (χ0) is 20.2. The molecule has 2 aromatic rings. The number of likely N-dealkylation sites (tertiary alicyclic amines) is 2. The average Bonchev–Trinajstić information content (AvgIpc) is 3.16. The van der Waals surface area contributed by atoms with Crippen molar-refractivity contribution in [3.8, 4) is 11.1 Å². The molecule has 0 bridgehead atoms. The van der Waals surface area contributed by atoms with Crippen LogP contribution >= 0.6 is 0 Å². The Hall–Kier alpha value is -2.40. The summed E-state index contributed by atoms with van der Waals surface area (Å²) in [4.78, 5) is 23.1. The first kappa shape index (κ1) is 19.9. The summed E-state index contributed by atoms with van der Waals surface area (Å²) in [6.07, 6.45) is 9.03. The van der Waals surface area contributed by atoms with Crippen molar-refractivity contribution < 1.29 is 4.79 Å². The van der Waals surface area contributed by atoms with E-state index in [0.717, 1.165) is 49.8 Å². The molecule has 5 heteroatoms. The number of benzene rings is 1. The quantitative estimate of drug-likeness (QED) is 0.690. The van der Waals surface area contributed by atoms with Crippen LogP contribution in [0.5, 0.6) is 0 Å². The van der Waals surface area contributed by atoms with Crippen LogP contribution in [0.25, 0.3) is 11.1 Å². The number of nitrogens with zero attached hydrogens (tertiary/aromatic N) is 4. The van der Waals surface area contributed by atoms with E-state index in [9.17, 15) is 4.79 Å². The van der Waals surface area contributed by atoms with E-state index in [1.54, 1.807) is 0 Å². The lowest BCUT2D eigenvalue weighted by Gasteiger charge is -2.38. The number of pyridine rings is 1. The van der Waals surface area contributed by atoms with Crippen molar-refractivity contribution >= 4 is 11.6 Å². The summed E-state index contributed by atoms with van der Waals surface area (Å²) in [6.45, 7) is 4.00. The van der Waals surface area contributed by atoms with Crippen LogP contribution in [0, 0.1) is 0 Å². The van der Waals surface area contributed by atoms with Crippen LogP contribution in [-0.2, 0) is 11.2 Å². The van der Waals surface area contributed by atoms with Gasteiger partial charge in [-0.1, -0.05) is 24.3 Å². The monoisotopic (exact) mass is 392 g/mol. The predicted molar refractivity (Wildman–Crippen MR) is 118 cm³/mol. The molecule has 1 atom stereocenters. The smallest absolute Gasteiger partial charge is 0.222 e. The zero-order valence-corrected chi connectivity index (χ0v) is 17.7. The Morgan fingerprint density at radius 2 is 2.07 bits per heavy atom. The van der Waals surface area contributed by atoms with Gasteiger partial charge in [-0.3, -0.25) is 9.78 Å². The third-order valence-electron chi connectivity index (χ3n) is 6.50. The van der Waals surface area contributed by atoms with Crippen molar-refractivity contribution in [3.63, 3.8) is 0 Å². The minimum absolute atomic E-state index is 0.300. The molecule has 0 radical (unpaired) electrons. The number of anilines is 1. The van der Waals surface area contributed by atoms with Crippen molar-refractivity contribution in [1.82, 2.24) is 14.8 Å². The molecule has 5 nitrogen and oxygen atoms in total. The normalized spacial score (nSPS) is 19.4. The van der Waals surface area contributed by atoms with Crippen molar-refractivity contribution in [2.75, 3.05) is 45.2 Å². The van der Waals surface area contributed by atoms with Gasteiger partial charge in [0.2, 0.25) is 5.91 Å². The van der Waals surface area contributed by atoms with Gasteiger partial charge < -0.3 is 14.7 Å². The molecule has 1 aromatic heterocycles. The van der Waals surface area contributed by atoms with Gasteiger partial charge in [0.25, 0.3) is 0 Å². The molecule has 4 rings (SSSR count). The minimum atomic E-state index is 0.300. The Labute approximate surface area is 174 Å². The molecule has 0 spiro atoms. The molecule has 154 valence electrons. The first-order valence-electron chi connectivity index (χ1n) is 10.8. The molecule has 0 saturated carbocycles. The number of amides is 1. The molecule has 0 N–H and O–H groups in total. The Morgan fingerprint density at radius 3 is 2.79 bits per heavy atom. The Morgan fingerprint density at radius 1 is 1.17 bits per heavy atom. The third kappa shape index (κ3) is 4.78. The standard InChI is InChI=1S/C24H32N4O/c1-26-12-9-22(26)10-13-27(2)23-16-21(17-25-18-23)20-6-3-5-19(15-20)8-14-28-11-4-7-24(28)29/h3,5-6,15-18,22H,4,7-14H2,1-2H3. The molecule has 3 heterocycles. The van der Waals surface area contributed by atoms with E-state index in [1.165, 1.54) is 30.5 Å². The van der Waals surface area contributed by atoms with Crippen LogP contribution in [0.4, 0.5) is 5.69 Å². The number of carbonyl (C=O) groups excluding carboxylic acids is 1. The van der Waals surface area contributed by atoms with Crippen molar-refractivity contribution in [1.29, 1.82) is 0 Å². The highest BCUT2D eigenvalue weighted by atomic mass is 16.2. The largest absolute Gasteiger partial charge is 0.373 e. The lowest BCUT2D eigenvalue weighted by atomic mass is 10.0. The highest BCUT2D eigenvalue weighted by molar-refractivity contribution is 5.78. The molecule has 2 aliphatic heterocycles. The first-order valence-corrected chi connectivity index (χ1v) is 10.8. The lowest BCUT2D eigenvalue weighted by molar-refractivity contribution is -0.127. The minimum Gasteiger partial charge on any atom is -0.373 e. The van der Waals surface area contributed by atoms with Gasteiger partial charge in [-0.05, 0) is 56.5 Å². The van der Waals surface area contributed by atoms with Crippen LogP contribution in [0.2, 0.25) is 0 Å². The second kappa shape index (κ2) is 8.95. The Balaban J connectivity index is 1.40. The summed E-state index contributed by atoms with van der Waals surface area (Å²) < 4.78 is 0. The molecule has 1 unspecified atom stereocenters. The third-order valence-corrected chi connectivity index (χ3v) is 6.50. The van der Waals surface area contributed by atoms with Crippen molar-refractivity contribution in [2.24, 2.45) is 0 Å². The van der Waals surface area contributed by atoms with Gasteiger partial charge in [-0.25, -0.2) is 0 Å². The van der Waals surface area contributed by atoms with Gasteiger partial charge in [-0.2, -0.15) is 0 Å². The van der Waals surface area contributed by atoms with Crippen LogP contribution < -0.4 is 4.90 Å². The lowest BCUT2D eigenvalue weighted by Crippen LogP contribution is -2.46. The second-order valence-electron chi connectivity index (χ2n) is 8.50. The SMILES string of the molecule is CN(CCC1CCN1C)c1cncc(-c2cccc(CCN3CCCC3=O)c2)c1. The molecule has 2 aliphatic rings. The molecule has 2 saturated heterocycles. The molecule has 2 fully saturated rings. The van der Waals surface area contributed by atoms with E-state index in [4.69, 9.17) is 0 Å². The number of hydrogen-bond acceptors (Lipinski definition) is 4. The number of aromatic nitrogens is 1. The number of hydrogen-bond donors (Lipinski definition) is 0. The maximum atomic E-state index is 11.8. The Bertz CT molecular complexity index is 852. The molecule has 1 aromatic carbocycles. The summed E-state index contributed by atoms with van der Waals surface area (Å²) in [5.74, 6) is 0.300. The van der Waals surface area contributed by atoms with Crippen LogP contribution in [0.15, 0.2) is 42.7 Å². The maximum absolute atomic E-state index is 11.8. The van der Waals surface area contributed by atoms with Gasteiger partial charge in [0.1, 0.15) is 0 Å². The summed E-state index contributed by atoms with van der Waals surface area (Å²) >= 11 is 0. The molecule has 1 amide bonds. The summed E-state index contributed by atoms with van der Waals surface area (Å²) in [6, 6.07) is 11.6. The number of carbonyl (C=O) groups is 1. The van der Waals surface area contributed by atoms with Crippen LogP contribution in [0.1, 0.15) is 31.2 Å². The van der Waals surface area contributed by atoms with E-state index >= 15 is 0 Å². The molecular weight excluding hydrogens is 360 g/mol. The summed E-state index contributed by atoms with van der Waals surface area (Å²) in [5.41, 5.74) is 4.78. The summed E-state index contributed by atoms with van der Waals surface area (Å²) in [7, 11) is 4.37. The van der Waals surface area contributed by atoms with Crippen LogP contribution in [-0.4, -0.2) is 67.0 Å². The second-order valence-corrected chi connectivity index (χ2v) is 8.50. The molecule has 0 aliphatic carbocycles. The van der Waals surface area contributed by atoms with Gasteiger partial charge in [0, 0.05) is 50.9 Å². The van der Waals surface area contributed by atoms with E-state index in [2.05, 4.69) is 59.2 Å². The van der Waals surface area contributed by atoms with Crippen LogP contribution in [0.3, 0.4) is 0 Å². The topological polar surface area (TPSA) is 39.7 Å². The highest BCUT2D eigenvalue weighted by Gasteiger charge is 2.23. The highest BCUT2D eigenvalue weighted by Crippen LogP contribution is 2.25. The Kier molecular flexibility index (Phi) is 6.14. The van der Waals surface area contributed by atoms with Crippen molar-refractivity contribution in [2.45, 2.75) is 38.1 Å². The van der Waals surface area contributed by atoms with E-state index < -0.39 is 0 Å². The van der Waals surface area contributed by atoms with Gasteiger partial charge in [0.05, 0.1) is 11.9 Å². The fraction of sp³-hybridized carbons (Fsp3) is 0.500. The summed E-state index contributed by atoms with van der Waals surface area (Å²) in [5, 5.41) is 0. The van der Waals surface area contributed by atoms with E-state index in [1.807, 2.05) is 17.3 Å². The zero-order valence-electron chi connectivity index (χ0n) is 17.7. The first-order chi connectivity index (χ1) is 14.1. The van der Waals surface area contributed by atoms with Gasteiger partial charge in [0.15, 0.2) is 0 Å².